The van der Waals surface area contributed by atoms with Gasteiger partial charge in [0.25, 0.3) is 0 Å². The number of carbonyl (C=O) groups is 1. The number of fused-ring (bicyclic) bond motifs is 1. The van der Waals surface area contributed by atoms with Gasteiger partial charge < -0.3 is 5.32 Å². The van der Waals surface area contributed by atoms with E-state index in [9.17, 15) is 4.79 Å². The molecule has 0 saturated heterocycles. The van der Waals surface area contributed by atoms with E-state index in [-0.39, 0.29) is 5.91 Å². The molecule has 0 bridgehead atoms. The van der Waals surface area contributed by atoms with Crippen LogP contribution in [0, 0.1) is 34.6 Å². The number of carbonyl (C=O) groups excluding carboxylic acids is 1. The van der Waals surface area contributed by atoms with E-state index in [1.165, 1.54) is 33.2 Å². The Balaban J connectivity index is 1.63. The van der Waals surface area contributed by atoms with Crippen molar-refractivity contribution >= 4 is 34.3 Å². The van der Waals surface area contributed by atoms with Crippen LogP contribution in [0.1, 0.15) is 34.2 Å². The Morgan fingerprint density at radius 2 is 1.70 bits per heavy atom. The van der Waals surface area contributed by atoms with Crippen LogP contribution in [0.4, 0.5) is 5.69 Å². The van der Waals surface area contributed by atoms with Crippen molar-refractivity contribution < 1.29 is 4.79 Å². The molecule has 0 spiro atoms. The summed E-state index contributed by atoms with van der Waals surface area (Å²) in [6.07, 6.45) is 0.462. The second-order valence-electron chi connectivity index (χ2n) is 7.20. The fourth-order valence-electron chi connectivity index (χ4n) is 3.18. The van der Waals surface area contributed by atoms with E-state index in [0.29, 0.717) is 12.2 Å². The first-order chi connectivity index (χ1) is 12.8. The zero-order valence-electron chi connectivity index (χ0n) is 16.6. The SMILES string of the molecule is Cc1cc(C)c2nc(SCCC(=O)Nc3ccc(C)c(C)c3)cc(C)c2c1. The third-order valence-corrected chi connectivity index (χ3v) is 5.71. The second kappa shape index (κ2) is 8.13. The maximum absolute atomic E-state index is 12.2. The normalized spacial score (nSPS) is 11.0. The molecule has 1 heterocycles. The highest BCUT2D eigenvalue weighted by atomic mass is 32.2. The van der Waals surface area contributed by atoms with E-state index in [0.717, 1.165) is 16.2 Å². The van der Waals surface area contributed by atoms with Gasteiger partial charge in [-0.2, -0.15) is 0 Å². The first-order valence-corrected chi connectivity index (χ1v) is 10.2. The standard InChI is InChI=1S/C23H26N2OS/c1-14-10-18(5)23-20(11-14)17(4)13-22(25-23)27-9-8-21(26)24-19-7-6-15(2)16(3)12-19/h6-7,10-13H,8-9H2,1-5H3,(H,24,26). The number of hydrogen-bond donors (Lipinski definition) is 1. The van der Waals surface area contributed by atoms with Crippen molar-refractivity contribution in [1.29, 1.82) is 0 Å². The number of benzene rings is 2. The molecule has 3 rings (SSSR count). The average Bonchev–Trinajstić information content (AvgIpc) is 2.59. The van der Waals surface area contributed by atoms with E-state index in [4.69, 9.17) is 4.98 Å². The van der Waals surface area contributed by atoms with Crippen molar-refractivity contribution in [2.75, 3.05) is 11.1 Å². The van der Waals surface area contributed by atoms with E-state index >= 15 is 0 Å². The summed E-state index contributed by atoms with van der Waals surface area (Å²) >= 11 is 1.63. The third-order valence-electron chi connectivity index (χ3n) is 4.80. The average molecular weight is 379 g/mol. The molecule has 0 unspecified atom stereocenters. The zero-order valence-corrected chi connectivity index (χ0v) is 17.5. The molecule has 0 aliphatic heterocycles. The van der Waals surface area contributed by atoms with Gasteiger partial charge in [0, 0.05) is 23.2 Å². The number of hydrogen-bond acceptors (Lipinski definition) is 3. The van der Waals surface area contributed by atoms with Crippen LogP contribution in [0.25, 0.3) is 10.9 Å². The summed E-state index contributed by atoms with van der Waals surface area (Å²) in [6.45, 7) is 10.5. The van der Waals surface area contributed by atoms with Crippen LogP contribution in [0.15, 0.2) is 41.4 Å². The first kappa shape index (κ1) is 19.4. The van der Waals surface area contributed by atoms with E-state index in [1.807, 2.05) is 18.2 Å². The molecular formula is C23H26N2OS. The molecule has 2 aromatic carbocycles. The number of amides is 1. The lowest BCUT2D eigenvalue weighted by atomic mass is 10.0. The van der Waals surface area contributed by atoms with Gasteiger partial charge >= 0.3 is 0 Å². The van der Waals surface area contributed by atoms with Crippen molar-refractivity contribution in [1.82, 2.24) is 4.98 Å². The van der Waals surface area contributed by atoms with Gasteiger partial charge in [0.1, 0.15) is 0 Å². The first-order valence-electron chi connectivity index (χ1n) is 9.22. The van der Waals surface area contributed by atoms with Crippen molar-refractivity contribution in [2.24, 2.45) is 0 Å². The molecule has 1 aromatic heterocycles. The van der Waals surface area contributed by atoms with Gasteiger partial charge in [-0.15, -0.1) is 11.8 Å². The number of rotatable bonds is 5. The lowest BCUT2D eigenvalue weighted by molar-refractivity contribution is -0.115. The van der Waals surface area contributed by atoms with Crippen LogP contribution in [0.3, 0.4) is 0 Å². The Labute approximate surface area is 165 Å². The molecule has 0 radical (unpaired) electrons. The van der Waals surface area contributed by atoms with Gasteiger partial charge in [0.15, 0.2) is 0 Å². The summed E-state index contributed by atoms with van der Waals surface area (Å²) in [5, 5.41) is 5.17. The predicted octanol–water partition coefficient (Wildman–Crippen LogP) is 5.90. The van der Waals surface area contributed by atoms with Gasteiger partial charge in [-0.05, 0) is 81.1 Å². The lowest BCUT2D eigenvalue weighted by Crippen LogP contribution is -2.12. The topological polar surface area (TPSA) is 42.0 Å². The van der Waals surface area contributed by atoms with Crippen molar-refractivity contribution in [3.8, 4) is 0 Å². The number of thioether (sulfide) groups is 1. The van der Waals surface area contributed by atoms with Crippen LogP contribution >= 0.6 is 11.8 Å². The van der Waals surface area contributed by atoms with E-state index in [1.54, 1.807) is 11.8 Å². The second-order valence-corrected chi connectivity index (χ2v) is 8.32. The molecule has 4 heteroatoms. The summed E-state index contributed by atoms with van der Waals surface area (Å²) < 4.78 is 0. The number of nitrogens with one attached hydrogen (secondary N) is 1. The molecule has 0 fully saturated rings. The van der Waals surface area contributed by atoms with Gasteiger partial charge in [0.2, 0.25) is 5.91 Å². The largest absolute Gasteiger partial charge is 0.326 e. The molecule has 3 nitrogen and oxygen atoms in total. The molecule has 1 amide bonds. The smallest absolute Gasteiger partial charge is 0.225 e. The quantitative estimate of drug-likeness (QED) is 0.562. The summed E-state index contributed by atoms with van der Waals surface area (Å²) in [7, 11) is 0. The minimum Gasteiger partial charge on any atom is -0.326 e. The minimum absolute atomic E-state index is 0.0371. The van der Waals surface area contributed by atoms with Crippen LogP contribution in [-0.2, 0) is 4.79 Å². The summed E-state index contributed by atoms with van der Waals surface area (Å²) in [5.41, 5.74) is 8.02. The molecule has 3 aromatic rings. The van der Waals surface area contributed by atoms with Crippen molar-refractivity contribution in [3.63, 3.8) is 0 Å². The molecular weight excluding hydrogens is 352 g/mol. The van der Waals surface area contributed by atoms with E-state index < -0.39 is 0 Å². The Morgan fingerprint density at radius 1 is 0.926 bits per heavy atom. The number of nitrogens with zero attached hydrogens (tertiary/aromatic N) is 1. The van der Waals surface area contributed by atoms with Gasteiger partial charge in [-0.1, -0.05) is 17.7 Å². The molecule has 140 valence electrons. The van der Waals surface area contributed by atoms with Crippen molar-refractivity contribution in [2.45, 2.75) is 46.1 Å². The van der Waals surface area contributed by atoms with Crippen LogP contribution in [0.5, 0.6) is 0 Å². The minimum atomic E-state index is 0.0371. The van der Waals surface area contributed by atoms with Gasteiger partial charge in [-0.25, -0.2) is 4.98 Å². The monoisotopic (exact) mass is 378 g/mol. The Bertz CT molecular complexity index is 1010. The molecule has 27 heavy (non-hydrogen) atoms. The van der Waals surface area contributed by atoms with Crippen molar-refractivity contribution in [3.05, 3.63) is 64.2 Å². The number of anilines is 1. The Kier molecular flexibility index (Phi) is 5.85. The molecule has 0 aliphatic rings. The predicted molar refractivity (Wildman–Crippen MR) is 116 cm³/mol. The fourth-order valence-corrected chi connectivity index (χ4v) is 4.09. The van der Waals surface area contributed by atoms with Crippen LogP contribution < -0.4 is 5.32 Å². The highest BCUT2D eigenvalue weighted by Gasteiger charge is 2.08. The maximum Gasteiger partial charge on any atom is 0.225 e. The summed E-state index contributed by atoms with van der Waals surface area (Å²) in [5.74, 6) is 0.745. The Morgan fingerprint density at radius 3 is 2.44 bits per heavy atom. The summed E-state index contributed by atoms with van der Waals surface area (Å²) in [4.78, 5) is 17.0. The molecule has 0 saturated carbocycles. The summed E-state index contributed by atoms with van der Waals surface area (Å²) in [6, 6.07) is 12.5. The third kappa shape index (κ3) is 4.69. The molecule has 0 aliphatic carbocycles. The highest BCUT2D eigenvalue weighted by molar-refractivity contribution is 7.99. The van der Waals surface area contributed by atoms with Gasteiger partial charge in [-0.3, -0.25) is 4.79 Å². The molecule has 1 N–H and O–H groups in total. The fraction of sp³-hybridized carbons (Fsp3) is 0.304. The maximum atomic E-state index is 12.2. The highest BCUT2D eigenvalue weighted by Crippen LogP contribution is 2.27. The van der Waals surface area contributed by atoms with E-state index in [2.05, 4.69) is 58.1 Å². The van der Waals surface area contributed by atoms with Crippen LogP contribution in [0.2, 0.25) is 0 Å². The molecule has 0 atom stereocenters. The lowest BCUT2D eigenvalue weighted by Gasteiger charge is -2.10. The Hall–Kier alpha value is -2.33. The van der Waals surface area contributed by atoms with Crippen LogP contribution in [-0.4, -0.2) is 16.6 Å². The number of pyridine rings is 1. The number of aryl methyl sites for hydroxylation is 5. The van der Waals surface area contributed by atoms with Gasteiger partial charge in [0.05, 0.1) is 10.5 Å². The zero-order chi connectivity index (χ0) is 19.6. The number of aromatic nitrogens is 1.